The Morgan fingerprint density at radius 3 is 2.79 bits per heavy atom. The Bertz CT molecular complexity index is 662. The summed E-state index contributed by atoms with van der Waals surface area (Å²) in [7, 11) is 0. The molecule has 3 rings (SSSR count). The third-order valence-corrected chi connectivity index (χ3v) is 5.73. The summed E-state index contributed by atoms with van der Waals surface area (Å²) < 4.78 is 11.4. The Balaban J connectivity index is 2.15. The van der Waals surface area contributed by atoms with Crippen molar-refractivity contribution in [2.24, 2.45) is 11.8 Å². The maximum atomic E-state index is 12.3. The molecule has 1 saturated carbocycles. The number of carbonyl (C=O) groups excluding carboxylic acids is 1. The minimum atomic E-state index is -0.458. The first kappa shape index (κ1) is 17.1. The van der Waals surface area contributed by atoms with Crippen molar-refractivity contribution >= 4 is 5.97 Å². The number of aryl methyl sites for hydroxylation is 1. The smallest absolute Gasteiger partial charge is 0.342 e. The summed E-state index contributed by atoms with van der Waals surface area (Å²) in [5.41, 5.74) is 1.53. The van der Waals surface area contributed by atoms with E-state index in [-0.39, 0.29) is 22.8 Å². The van der Waals surface area contributed by atoms with Gasteiger partial charge in [-0.3, -0.25) is 0 Å². The molecule has 1 N–H and O–H groups in total. The number of rotatable bonds is 2. The average molecular weight is 332 g/mol. The van der Waals surface area contributed by atoms with Crippen LogP contribution < -0.4 is 4.74 Å². The van der Waals surface area contributed by atoms with E-state index in [1.54, 1.807) is 6.92 Å². The highest BCUT2D eigenvalue weighted by molar-refractivity contribution is 5.95. The van der Waals surface area contributed by atoms with E-state index in [1.807, 2.05) is 13.0 Å². The van der Waals surface area contributed by atoms with Crippen LogP contribution in [-0.4, -0.2) is 23.3 Å². The van der Waals surface area contributed by atoms with Gasteiger partial charge in [0.1, 0.15) is 22.7 Å². The zero-order chi connectivity index (χ0) is 17.6. The van der Waals surface area contributed by atoms with Crippen molar-refractivity contribution in [3.63, 3.8) is 0 Å². The average Bonchev–Trinajstić information content (AvgIpc) is 2.45. The second kappa shape index (κ2) is 5.98. The Morgan fingerprint density at radius 1 is 1.42 bits per heavy atom. The first-order chi connectivity index (χ1) is 11.3. The molecule has 0 unspecified atom stereocenters. The van der Waals surface area contributed by atoms with Crippen molar-refractivity contribution in [2.75, 3.05) is 6.61 Å². The zero-order valence-electron chi connectivity index (χ0n) is 15.3. The SMILES string of the molecule is CCOC(=O)c1c(C)cc2c(c1O)[C@H]1C[C@@H](C)CC[C@@H]1C(C)(C)O2. The van der Waals surface area contributed by atoms with Gasteiger partial charge in [-0.25, -0.2) is 4.79 Å². The van der Waals surface area contributed by atoms with Crippen LogP contribution in [0.25, 0.3) is 0 Å². The molecule has 2 aliphatic rings. The lowest BCUT2D eigenvalue weighted by molar-refractivity contribution is -0.0146. The van der Waals surface area contributed by atoms with E-state index < -0.39 is 5.97 Å². The Morgan fingerprint density at radius 2 is 2.12 bits per heavy atom. The van der Waals surface area contributed by atoms with Crippen LogP contribution in [0.1, 0.15) is 74.4 Å². The van der Waals surface area contributed by atoms with E-state index in [1.165, 1.54) is 6.42 Å². The van der Waals surface area contributed by atoms with Gasteiger partial charge in [0.2, 0.25) is 0 Å². The van der Waals surface area contributed by atoms with E-state index in [9.17, 15) is 9.90 Å². The Kier molecular flexibility index (Phi) is 4.27. The Labute approximate surface area is 144 Å². The van der Waals surface area contributed by atoms with Gasteiger partial charge in [0.05, 0.1) is 6.61 Å². The maximum Gasteiger partial charge on any atom is 0.342 e. The second-order valence-electron chi connectivity index (χ2n) is 7.89. The molecular formula is C20H28O4. The van der Waals surface area contributed by atoms with Crippen LogP contribution in [0, 0.1) is 18.8 Å². The normalized spacial score (nSPS) is 27.6. The molecule has 4 heteroatoms. The molecule has 0 aromatic heterocycles. The van der Waals surface area contributed by atoms with Gasteiger partial charge in [0, 0.05) is 11.5 Å². The van der Waals surface area contributed by atoms with Gasteiger partial charge in [-0.1, -0.05) is 13.3 Å². The Hall–Kier alpha value is -1.71. The van der Waals surface area contributed by atoms with Crippen molar-refractivity contribution in [3.05, 3.63) is 22.8 Å². The molecule has 0 saturated heterocycles. The van der Waals surface area contributed by atoms with Crippen molar-refractivity contribution < 1.29 is 19.4 Å². The molecule has 24 heavy (non-hydrogen) atoms. The van der Waals surface area contributed by atoms with E-state index in [4.69, 9.17) is 9.47 Å². The van der Waals surface area contributed by atoms with Crippen molar-refractivity contribution in [3.8, 4) is 11.5 Å². The molecule has 0 bridgehead atoms. The molecular weight excluding hydrogens is 304 g/mol. The molecule has 0 radical (unpaired) electrons. The van der Waals surface area contributed by atoms with Crippen LogP contribution in [0.3, 0.4) is 0 Å². The molecule has 1 aliphatic carbocycles. The van der Waals surface area contributed by atoms with Gasteiger partial charge < -0.3 is 14.6 Å². The lowest BCUT2D eigenvalue weighted by Crippen LogP contribution is -2.46. The lowest BCUT2D eigenvalue weighted by Gasteiger charge is -2.49. The second-order valence-corrected chi connectivity index (χ2v) is 7.89. The summed E-state index contributed by atoms with van der Waals surface area (Å²) in [5.74, 6) is 1.51. The lowest BCUT2D eigenvalue weighted by atomic mass is 9.64. The van der Waals surface area contributed by atoms with Crippen LogP contribution in [0.5, 0.6) is 11.5 Å². The minimum absolute atomic E-state index is 0.0584. The number of esters is 1. The predicted molar refractivity (Wildman–Crippen MR) is 92.8 cm³/mol. The summed E-state index contributed by atoms with van der Waals surface area (Å²) >= 11 is 0. The molecule has 4 nitrogen and oxygen atoms in total. The molecule has 1 aromatic rings. The molecule has 1 fully saturated rings. The fourth-order valence-corrected chi connectivity index (χ4v) is 4.58. The monoisotopic (exact) mass is 332 g/mol. The number of carbonyl (C=O) groups is 1. The number of fused-ring (bicyclic) bond motifs is 3. The molecule has 3 atom stereocenters. The number of benzene rings is 1. The summed E-state index contributed by atoms with van der Waals surface area (Å²) in [5, 5.41) is 10.9. The van der Waals surface area contributed by atoms with Crippen LogP contribution in [0.15, 0.2) is 6.07 Å². The molecule has 1 heterocycles. The maximum absolute atomic E-state index is 12.3. The highest BCUT2D eigenvalue weighted by atomic mass is 16.5. The third kappa shape index (κ3) is 2.66. The van der Waals surface area contributed by atoms with Crippen LogP contribution >= 0.6 is 0 Å². The molecule has 1 aliphatic heterocycles. The minimum Gasteiger partial charge on any atom is -0.507 e. The predicted octanol–water partition coefficient (Wildman–Crippen LogP) is 4.57. The summed E-state index contributed by atoms with van der Waals surface area (Å²) in [6.45, 7) is 10.4. The molecule has 1 aromatic carbocycles. The topological polar surface area (TPSA) is 55.8 Å². The van der Waals surface area contributed by atoms with Crippen LogP contribution in [0.4, 0.5) is 0 Å². The number of phenolic OH excluding ortho intramolecular Hbond substituents is 1. The number of hydrogen-bond donors (Lipinski definition) is 1. The van der Waals surface area contributed by atoms with Crippen LogP contribution in [0.2, 0.25) is 0 Å². The van der Waals surface area contributed by atoms with E-state index in [0.29, 0.717) is 24.0 Å². The fourth-order valence-electron chi connectivity index (χ4n) is 4.58. The van der Waals surface area contributed by atoms with E-state index >= 15 is 0 Å². The number of ether oxygens (including phenoxy) is 2. The first-order valence-electron chi connectivity index (χ1n) is 8.98. The van der Waals surface area contributed by atoms with Crippen LogP contribution in [-0.2, 0) is 4.74 Å². The van der Waals surface area contributed by atoms with Gasteiger partial charge in [0.25, 0.3) is 0 Å². The largest absolute Gasteiger partial charge is 0.507 e. The number of hydrogen-bond acceptors (Lipinski definition) is 4. The summed E-state index contributed by atoms with van der Waals surface area (Å²) in [6.07, 6.45) is 3.28. The fraction of sp³-hybridized carbons (Fsp3) is 0.650. The first-order valence-corrected chi connectivity index (χ1v) is 8.98. The highest BCUT2D eigenvalue weighted by Gasteiger charge is 2.47. The standard InChI is InChI=1S/C20H28O4/c1-6-23-19(22)16-12(3)10-15-17(18(16)21)13-9-11(2)7-8-14(13)20(4,5)24-15/h10-11,13-14,21H,6-9H2,1-5H3/t11-,13-,14-/m0/s1. The van der Waals surface area contributed by atoms with Crippen molar-refractivity contribution in [1.29, 1.82) is 0 Å². The highest BCUT2D eigenvalue weighted by Crippen LogP contribution is 2.56. The van der Waals surface area contributed by atoms with Gasteiger partial charge >= 0.3 is 5.97 Å². The van der Waals surface area contributed by atoms with Crippen molar-refractivity contribution in [1.82, 2.24) is 0 Å². The molecule has 132 valence electrons. The van der Waals surface area contributed by atoms with E-state index in [0.717, 1.165) is 24.2 Å². The van der Waals surface area contributed by atoms with Gasteiger partial charge in [-0.2, -0.15) is 0 Å². The van der Waals surface area contributed by atoms with Gasteiger partial charge in [0.15, 0.2) is 0 Å². The zero-order valence-corrected chi connectivity index (χ0v) is 15.3. The third-order valence-electron chi connectivity index (χ3n) is 5.73. The number of phenols is 1. The summed E-state index contributed by atoms with van der Waals surface area (Å²) in [6, 6.07) is 1.89. The molecule has 0 spiro atoms. The number of aromatic hydroxyl groups is 1. The quantitative estimate of drug-likeness (QED) is 0.806. The molecule has 0 amide bonds. The van der Waals surface area contributed by atoms with E-state index in [2.05, 4.69) is 20.8 Å². The summed E-state index contributed by atoms with van der Waals surface area (Å²) in [4.78, 5) is 12.3. The van der Waals surface area contributed by atoms with Crippen molar-refractivity contribution in [2.45, 2.75) is 65.4 Å². The van der Waals surface area contributed by atoms with Gasteiger partial charge in [-0.05, 0) is 64.0 Å². The van der Waals surface area contributed by atoms with Gasteiger partial charge in [-0.15, -0.1) is 0 Å².